The number of nitro groups is 1. The number of hydrogen-bond acceptors (Lipinski definition) is 3. The number of nitrogens with zero attached hydrogens (tertiary/aromatic N) is 1. The summed E-state index contributed by atoms with van der Waals surface area (Å²) in [4.78, 5) is 10.1. The van der Waals surface area contributed by atoms with Crippen molar-refractivity contribution in [1.82, 2.24) is 0 Å². The molecule has 0 spiro atoms. The summed E-state index contributed by atoms with van der Waals surface area (Å²) in [5.74, 6) is 0. The number of benzene rings is 1. The van der Waals surface area contributed by atoms with Gasteiger partial charge in [0.05, 0.1) is 18.1 Å². The fourth-order valence-corrected chi connectivity index (χ4v) is 1.39. The first-order valence-corrected chi connectivity index (χ1v) is 5.53. The number of ether oxygens (including phenoxy) is 1. The molecule has 0 atom stereocenters. The molecule has 0 unspecified atom stereocenters. The summed E-state index contributed by atoms with van der Waals surface area (Å²) >= 11 is 5.92. The summed E-state index contributed by atoms with van der Waals surface area (Å²) in [6.07, 6.45) is 0.770. The van der Waals surface area contributed by atoms with Crippen molar-refractivity contribution in [1.29, 1.82) is 0 Å². The highest BCUT2D eigenvalue weighted by Crippen LogP contribution is 2.22. The predicted molar refractivity (Wildman–Crippen MR) is 67.2 cm³/mol. The van der Waals surface area contributed by atoms with Gasteiger partial charge in [-0.1, -0.05) is 17.2 Å². The van der Waals surface area contributed by atoms with E-state index in [1.165, 1.54) is 18.2 Å². The summed E-state index contributed by atoms with van der Waals surface area (Å²) in [6.45, 7) is 6.49. The summed E-state index contributed by atoms with van der Waals surface area (Å²) < 4.78 is 5.38. The average molecular weight is 256 g/mol. The van der Waals surface area contributed by atoms with Crippen LogP contribution in [0.15, 0.2) is 30.4 Å². The summed E-state index contributed by atoms with van der Waals surface area (Å²) in [6, 6.07) is 4.32. The van der Waals surface area contributed by atoms with E-state index in [0.717, 1.165) is 12.0 Å². The molecule has 1 aromatic rings. The van der Waals surface area contributed by atoms with Gasteiger partial charge in [-0.15, -0.1) is 6.58 Å². The lowest BCUT2D eigenvalue weighted by Gasteiger charge is -2.06. The third kappa shape index (κ3) is 4.54. The third-order valence-electron chi connectivity index (χ3n) is 2.17. The van der Waals surface area contributed by atoms with Gasteiger partial charge in [0, 0.05) is 22.7 Å². The van der Waals surface area contributed by atoms with Crippen LogP contribution in [-0.4, -0.2) is 11.5 Å². The molecular weight excluding hydrogens is 242 g/mol. The van der Waals surface area contributed by atoms with Crippen molar-refractivity contribution < 1.29 is 9.66 Å². The first kappa shape index (κ1) is 13.7. The van der Waals surface area contributed by atoms with Crippen molar-refractivity contribution in [3.63, 3.8) is 0 Å². The summed E-state index contributed by atoms with van der Waals surface area (Å²) in [7, 11) is 0. The molecule has 5 heteroatoms. The molecule has 0 heterocycles. The zero-order valence-corrected chi connectivity index (χ0v) is 10.4. The van der Waals surface area contributed by atoms with Crippen LogP contribution >= 0.6 is 11.6 Å². The van der Waals surface area contributed by atoms with Gasteiger partial charge in [-0.3, -0.25) is 10.1 Å². The van der Waals surface area contributed by atoms with Gasteiger partial charge in [0.25, 0.3) is 5.69 Å². The molecule has 0 aliphatic heterocycles. The summed E-state index contributed by atoms with van der Waals surface area (Å²) in [5, 5.41) is 11.1. The van der Waals surface area contributed by atoms with E-state index in [1.807, 2.05) is 6.92 Å². The van der Waals surface area contributed by atoms with Crippen LogP contribution < -0.4 is 0 Å². The topological polar surface area (TPSA) is 52.4 Å². The molecule has 92 valence electrons. The zero-order valence-electron chi connectivity index (χ0n) is 9.61. The van der Waals surface area contributed by atoms with E-state index in [4.69, 9.17) is 16.3 Å². The lowest BCUT2D eigenvalue weighted by Crippen LogP contribution is -1.98. The van der Waals surface area contributed by atoms with Crippen molar-refractivity contribution in [2.75, 3.05) is 6.61 Å². The number of hydrogen-bond donors (Lipinski definition) is 0. The van der Waals surface area contributed by atoms with Gasteiger partial charge in [-0.2, -0.15) is 0 Å². The van der Waals surface area contributed by atoms with Crippen LogP contribution in [0.3, 0.4) is 0 Å². The predicted octanol–water partition coefficient (Wildman–Crippen LogP) is 3.73. The first-order chi connectivity index (χ1) is 8.00. The van der Waals surface area contributed by atoms with Gasteiger partial charge < -0.3 is 4.74 Å². The van der Waals surface area contributed by atoms with Crippen molar-refractivity contribution in [3.05, 3.63) is 51.1 Å². The Morgan fingerprint density at radius 2 is 2.29 bits per heavy atom. The van der Waals surface area contributed by atoms with E-state index < -0.39 is 4.92 Å². The lowest BCUT2D eigenvalue weighted by atomic mass is 10.2. The van der Waals surface area contributed by atoms with Gasteiger partial charge in [-0.25, -0.2) is 0 Å². The molecule has 0 fully saturated rings. The Hall–Kier alpha value is -1.39. The van der Waals surface area contributed by atoms with E-state index in [1.54, 1.807) is 0 Å². The van der Waals surface area contributed by atoms with Crippen LogP contribution in [0.25, 0.3) is 0 Å². The van der Waals surface area contributed by atoms with E-state index in [-0.39, 0.29) is 12.3 Å². The molecule has 0 N–H and O–H groups in total. The van der Waals surface area contributed by atoms with Crippen LogP contribution in [0.4, 0.5) is 5.69 Å². The number of halogens is 1. The van der Waals surface area contributed by atoms with Gasteiger partial charge in [0.15, 0.2) is 0 Å². The minimum atomic E-state index is -0.451. The minimum Gasteiger partial charge on any atom is -0.376 e. The zero-order chi connectivity index (χ0) is 12.8. The summed E-state index contributed by atoms with van der Waals surface area (Å²) in [5.41, 5.74) is 1.69. The maximum atomic E-state index is 10.6. The molecule has 0 radical (unpaired) electrons. The van der Waals surface area contributed by atoms with E-state index in [9.17, 15) is 10.1 Å². The Labute approximate surface area is 105 Å². The van der Waals surface area contributed by atoms with Crippen LogP contribution in [0.1, 0.15) is 18.9 Å². The molecule has 1 aromatic carbocycles. The Bertz CT molecular complexity index is 432. The molecule has 0 aliphatic rings. The quantitative estimate of drug-likeness (QED) is 0.337. The van der Waals surface area contributed by atoms with Crippen LogP contribution in [0, 0.1) is 10.1 Å². The van der Waals surface area contributed by atoms with Crippen LogP contribution in [0.5, 0.6) is 0 Å². The van der Waals surface area contributed by atoms with Crippen molar-refractivity contribution in [2.45, 2.75) is 20.0 Å². The fraction of sp³-hybridized carbons (Fsp3) is 0.333. The Morgan fingerprint density at radius 3 is 2.88 bits per heavy atom. The molecular formula is C12H14ClNO3. The SMILES string of the molecule is C=C(C)CCOCc1cc([N+](=O)[O-])ccc1Cl. The van der Waals surface area contributed by atoms with Crippen molar-refractivity contribution >= 4 is 17.3 Å². The molecule has 0 aliphatic carbocycles. The molecule has 0 amide bonds. The molecule has 17 heavy (non-hydrogen) atoms. The second kappa shape index (κ2) is 6.37. The van der Waals surface area contributed by atoms with Crippen molar-refractivity contribution in [3.8, 4) is 0 Å². The largest absolute Gasteiger partial charge is 0.376 e. The Kier molecular flexibility index (Phi) is 5.12. The van der Waals surface area contributed by atoms with Gasteiger partial charge in [0.1, 0.15) is 0 Å². The highest BCUT2D eigenvalue weighted by atomic mass is 35.5. The number of nitro benzene ring substituents is 1. The molecule has 0 saturated carbocycles. The smallest absolute Gasteiger partial charge is 0.269 e. The van der Waals surface area contributed by atoms with Gasteiger partial charge >= 0.3 is 0 Å². The Balaban J connectivity index is 2.60. The Morgan fingerprint density at radius 1 is 1.59 bits per heavy atom. The highest BCUT2D eigenvalue weighted by Gasteiger charge is 2.09. The van der Waals surface area contributed by atoms with E-state index in [0.29, 0.717) is 17.2 Å². The number of rotatable bonds is 6. The number of non-ortho nitro benzene ring substituents is 1. The molecule has 4 nitrogen and oxygen atoms in total. The maximum Gasteiger partial charge on any atom is 0.269 e. The minimum absolute atomic E-state index is 0.0212. The monoisotopic (exact) mass is 255 g/mol. The molecule has 0 saturated heterocycles. The maximum absolute atomic E-state index is 10.6. The lowest BCUT2D eigenvalue weighted by molar-refractivity contribution is -0.384. The van der Waals surface area contributed by atoms with Crippen LogP contribution in [0.2, 0.25) is 5.02 Å². The van der Waals surface area contributed by atoms with E-state index >= 15 is 0 Å². The second-order valence-electron chi connectivity index (χ2n) is 3.79. The average Bonchev–Trinajstić information content (AvgIpc) is 2.25. The van der Waals surface area contributed by atoms with Crippen molar-refractivity contribution in [2.24, 2.45) is 0 Å². The first-order valence-electron chi connectivity index (χ1n) is 5.15. The van der Waals surface area contributed by atoms with Crippen LogP contribution in [-0.2, 0) is 11.3 Å². The molecule has 0 bridgehead atoms. The third-order valence-corrected chi connectivity index (χ3v) is 2.54. The van der Waals surface area contributed by atoms with E-state index in [2.05, 4.69) is 6.58 Å². The normalized spacial score (nSPS) is 10.2. The standard InChI is InChI=1S/C12H14ClNO3/c1-9(2)5-6-17-8-10-7-11(14(15)16)3-4-12(10)13/h3-4,7H,1,5-6,8H2,2H3. The van der Waals surface area contributed by atoms with Gasteiger partial charge in [-0.05, 0) is 19.4 Å². The molecule has 0 aromatic heterocycles. The fourth-order valence-electron chi connectivity index (χ4n) is 1.21. The molecule has 1 rings (SSSR count). The van der Waals surface area contributed by atoms with Gasteiger partial charge in [0.2, 0.25) is 0 Å². The second-order valence-corrected chi connectivity index (χ2v) is 4.20. The highest BCUT2D eigenvalue weighted by molar-refractivity contribution is 6.31.